The van der Waals surface area contributed by atoms with Crippen molar-refractivity contribution in [2.24, 2.45) is 0 Å². The van der Waals surface area contributed by atoms with E-state index < -0.39 is 9.05 Å². The van der Waals surface area contributed by atoms with Crippen LogP contribution in [0.3, 0.4) is 0 Å². The number of hydrogen-bond donors (Lipinski definition) is 0. The van der Waals surface area contributed by atoms with Gasteiger partial charge in [-0.2, -0.15) is 0 Å². The van der Waals surface area contributed by atoms with Crippen LogP contribution in [0.15, 0.2) is 12.7 Å². The van der Waals surface area contributed by atoms with E-state index in [4.69, 9.17) is 10.7 Å². The fourth-order valence-electron chi connectivity index (χ4n) is 1.35. The standard InChI is InChI=1S/C10H22.C3H5ClO2S/c1-3-5-7-9-10-8-6-4-2;1-2-3-7(4,5)6/h3-10H2,1-2H3;2H,1,3H2. The molecule has 0 radical (unpaired) electrons. The predicted octanol–water partition coefficient (Wildman–Crippen LogP) is 4.89. The van der Waals surface area contributed by atoms with Crippen molar-refractivity contribution in [1.82, 2.24) is 0 Å². The van der Waals surface area contributed by atoms with Gasteiger partial charge in [-0.1, -0.05) is 71.3 Å². The molecule has 4 heteroatoms. The summed E-state index contributed by atoms with van der Waals surface area (Å²) in [4.78, 5) is 0. The van der Waals surface area contributed by atoms with Crippen LogP contribution in [0.2, 0.25) is 0 Å². The van der Waals surface area contributed by atoms with Crippen LogP contribution < -0.4 is 0 Å². The number of unbranched alkanes of at least 4 members (excludes halogenated alkanes) is 7. The summed E-state index contributed by atoms with van der Waals surface area (Å²) < 4.78 is 19.9. The lowest BCUT2D eigenvalue weighted by Gasteiger charge is -1.97. The van der Waals surface area contributed by atoms with Gasteiger partial charge in [-0.05, 0) is 0 Å². The summed E-state index contributed by atoms with van der Waals surface area (Å²) in [5.41, 5.74) is 0. The monoisotopic (exact) mass is 282 g/mol. The first-order chi connectivity index (χ1) is 7.97. The van der Waals surface area contributed by atoms with Gasteiger partial charge in [0.1, 0.15) is 0 Å². The average Bonchev–Trinajstić information content (AvgIpc) is 2.22. The van der Waals surface area contributed by atoms with Gasteiger partial charge in [-0.3, -0.25) is 0 Å². The molecule has 0 aromatic rings. The lowest BCUT2D eigenvalue weighted by molar-refractivity contribution is 0.585. The molecule has 0 bridgehead atoms. The Hall–Kier alpha value is -0.0200. The average molecular weight is 283 g/mol. The molecule has 0 atom stereocenters. The summed E-state index contributed by atoms with van der Waals surface area (Å²) in [5.74, 6) is -0.158. The third-order valence-corrected chi connectivity index (χ3v) is 3.29. The van der Waals surface area contributed by atoms with E-state index in [2.05, 4.69) is 20.4 Å². The van der Waals surface area contributed by atoms with Gasteiger partial charge in [0.25, 0.3) is 0 Å². The van der Waals surface area contributed by atoms with Gasteiger partial charge in [0.15, 0.2) is 0 Å². The molecule has 0 saturated carbocycles. The van der Waals surface area contributed by atoms with E-state index in [-0.39, 0.29) is 5.75 Å². The Kier molecular flexibility index (Phi) is 16.0. The minimum atomic E-state index is -3.32. The van der Waals surface area contributed by atoms with E-state index in [1.807, 2.05) is 0 Å². The fraction of sp³-hybridized carbons (Fsp3) is 0.846. The van der Waals surface area contributed by atoms with E-state index in [1.165, 1.54) is 57.4 Å². The first-order valence-electron chi connectivity index (χ1n) is 6.51. The minimum Gasteiger partial charge on any atom is -0.212 e. The van der Waals surface area contributed by atoms with Gasteiger partial charge in [0, 0.05) is 10.7 Å². The van der Waals surface area contributed by atoms with Crippen LogP contribution in [0.25, 0.3) is 0 Å². The van der Waals surface area contributed by atoms with Crippen LogP contribution in [0, 0.1) is 0 Å². The van der Waals surface area contributed by atoms with Crippen molar-refractivity contribution < 1.29 is 8.42 Å². The Morgan fingerprint density at radius 3 is 1.47 bits per heavy atom. The van der Waals surface area contributed by atoms with Gasteiger partial charge >= 0.3 is 0 Å². The molecule has 0 heterocycles. The van der Waals surface area contributed by atoms with Gasteiger partial charge < -0.3 is 0 Å². The third-order valence-electron chi connectivity index (χ3n) is 2.27. The SMILES string of the molecule is C=CCS(=O)(=O)Cl.CCCCCCCCCC. The maximum Gasteiger partial charge on any atom is 0.236 e. The molecule has 104 valence electrons. The molecular weight excluding hydrogens is 256 g/mol. The van der Waals surface area contributed by atoms with Crippen molar-refractivity contribution in [3.05, 3.63) is 12.7 Å². The van der Waals surface area contributed by atoms with E-state index >= 15 is 0 Å². The second-order valence-electron chi connectivity index (χ2n) is 4.12. The lowest BCUT2D eigenvalue weighted by atomic mass is 10.1. The zero-order valence-corrected chi connectivity index (χ0v) is 12.8. The molecule has 0 fully saturated rings. The van der Waals surface area contributed by atoms with E-state index in [1.54, 1.807) is 0 Å². The molecule has 0 amide bonds. The first kappa shape index (κ1) is 19.3. The zero-order valence-electron chi connectivity index (χ0n) is 11.3. The van der Waals surface area contributed by atoms with Gasteiger partial charge in [-0.25, -0.2) is 8.42 Å². The second-order valence-corrected chi connectivity index (χ2v) is 6.94. The van der Waals surface area contributed by atoms with Crippen molar-refractivity contribution in [3.63, 3.8) is 0 Å². The third kappa shape index (κ3) is 25.9. The van der Waals surface area contributed by atoms with E-state index in [9.17, 15) is 8.42 Å². The van der Waals surface area contributed by atoms with Gasteiger partial charge in [0.2, 0.25) is 9.05 Å². The summed E-state index contributed by atoms with van der Waals surface area (Å²) in [5, 5.41) is 0. The highest BCUT2D eigenvalue weighted by molar-refractivity contribution is 8.13. The smallest absolute Gasteiger partial charge is 0.212 e. The summed E-state index contributed by atoms with van der Waals surface area (Å²) in [7, 11) is 1.41. The normalized spacial score (nSPS) is 10.5. The molecule has 17 heavy (non-hydrogen) atoms. The topological polar surface area (TPSA) is 34.1 Å². The van der Waals surface area contributed by atoms with Crippen LogP contribution in [-0.2, 0) is 9.05 Å². The van der Waals surface area contributed by atoms with Crippen molar-refractivity contribution in [2.75, 3.05) is 5.75 Å². The van der Waals surface area contributed by atoms with E-state index in [0.717, 1.165) is 0 Å². The quantitative estimate of drug-likeness (QED) is 0.343. The van der Waals surface area contributed by atoms with Gasteiger partial charge in [-0.15, -0.1) is 6.58 Å². The molecule has 0 N–H and O–H groups in total. The predicted molar refractivity (Wildman–Crippen MR) is 78.1 cm³/mol. The number of rotatable bonds is 9. The Labute approximate surface area is 112 Å². The molecule has 0 saturated heterocycles. The summed E-state index contributed by atoms with van der Waals surface area (Å²) in [6.45, 7) is 7.72. The molecule has 0 aromatic heterocycles. The second kappa shape index (κ2) is 14.0. The fourth-order valence-corrected chi connectivity index (χ4v) is 1.90. The minimum absolute atomic E-state index is 0.158. The molecule has 0 spiro atoms. The van der Waals surface area contributed by atoms with E-state index in [0.29, 0.717) is 0 Å². The molecule has 0 unspecified atom stereocenters. The summed E-state index contributed by atoms with van der Waals surface area (Å²) in [6.07, 6.45) is 12.7. The molecule has 0 aliphatic carbocycles. The lowest BCUT2D eigenvalue weighted by Crippen LogP contribution is -1.90. The molecule has 2 nitrogen and oxygen atoms in total. The van der Waals surface area contributed by atoms with Crippen LogP contribution in [0.1, 0.15) is 65.2 Å². The Morgan fingerprint density at radius 1 is 0.941 bits per heavy atom. The highest BCUT2D eigenvalue weighted by atomic mass is 35.7. The molecule has 0 aromatic carbocycles. The summed E-state index contributed by atoms with van der Waals surface area (Å²) >= 11 is 0. The van der Waals surface area contributed by atoms with Crippen LogP contribution in [-0.4, -0.2) is 14.2 Å². The van der Waals surface area contributed by atoms with Crippen molar-refractivity contribution in [2.45, 2.75) is 65.2 Å². The largest absolute Gasteiger partial charge is 0.236 e. The molecule has 0 aliphatic rings. The first-order valence-corrected chi connectivity index (χ1v) is 8.99. The van der Waals surface area contributed by atoms with Crippen LogP contribution in [0.4, 0.5) is 0 Å². The highest BCUT2D eigenvalue weighted by Crippen LogP contribution is 2.07. The zero-order chi connectivity index (χ0) is 13.6. The van der Waals surface area contributed by atoms with Crippen molar-refractivity contribution in [3.8, 4) is 0 Å². The highest BCUT2D eigenvalue weighted by Gasteiger charge is 1.97. The van der Waals surface area contributed by atoms with Crippen molar-refractivity contribution in [1.29, 1.82) is 0 Å². The Bertz CT molecular complexity index is 240. The van der Waals surface area contributed by atoms with Gasteiger partial charge in [0.05, 0.1) is 5.75 Å². The molecular formula is C13H27ClO2S. The van der Waals surface area contributed by atoms with Crippen LogP contribution in [0.5, 0.6) is 0 Å². The maximum absolute atomic E-state index is 9.93. The molecule has 0 rings (SSSR count). The van der Waals surface area contributed by atoms with Crippen molar-refractivity contribution >= 4 is 19.7 Å². The molecule has 0 aliphatic heterocycles. The Morgan fingerprint density at radius 2 is 1.29 bits per heavy atom. The number of halogens is 1. The number of hydrogen-bond acceptors (Lipinski definition) is 2. The Balaban J connectivity index is 0. The maximum atomic E-state index is 9.93. The summed E-state index contributed by atoms with van der Waals surface area (Å²) in [6, 6.07) is 0. The van der Waals surface area contributed by atoms with Crippen LogP contribution >= 0.6 is 10.7 Å².